The Labute approximate surface area is 97.4 Å². The zero-order valence-corrected chi connectivity index (χ0v) is 10.2. The quantitative estimate of drug-likeness (QED) is 0.849. The Hall–Kier alpha value is -0.830. The smallest absolute Gasteiger partial charge is 0.336 e. The second-order valence-electron chi connectivity index (χ2n) is 4.00. The fourth-order valence-corrected chi connectivity index (χ4v) is 2.74. The van der Waals surface area contributed by atoms with Crippen molar-refractivity contribution in [2.75, 3.05) is 0 Å². The van der Waals surface area contributed by atoms with Crippen LogP contribution in [0.2, 0.25) is 0 Å². The Bertz CT molecular complexity index is 424. The number of carboxylic acid groups (broad SMARTS) is 1. The van der Waals surface area contributed by atoms with Gasteiger partial charge in [0, 0.05) is 4.47 Å². The molecule has 0 heterocycles. The Balaban J connectivity index is 2.67. The maximum Gasteiger partial charge on any atom is 0.336 e. The van der Waals surface area contributed by atoms with Gasteiger partial charge < -0.3 is 5.11 Å². The Morgan fingerprint density at radius 1 is 1.33 bits per heavy atom. The molecule has 2 rings (SSSR count). The number of hydrogen-bond acceptors (Lipinski definition) is 1. The summed E-state index contributed by atoms with van der Waals surface area (Å²) in [4.78, 5) is 11.1. The lowest BCUT2D eigenvalue weighted by Crippen LogP contribution is -2.12. The van der Waals surface area contributed by atoms with Crippen LogP contribution in [0.25, 0.3) is 0 Å². The van der Waals surface area contributed by atoms with Crippen LogP contribution < -0.4 is 0 Å². The lowest BCUT2D eigenvalue weighted by Gasteiger charge is -2.21. The van der Waals surface area contributed by atoms with Gasteiger partial charge in [-0.15, -0.1) is 0 Å². The predicted octanol–water partition coefficient (Wildman–Crippen LogP) is 3.33. The van der Waals surface area contributed by atoms with Crippen LogP contribution in [0.5, 0.6) is 0 Å². The average molecular weight is 269 g/mol. The van der Waals surface area contributed by atoms with Crippen LogP contribution in [0.1, 0.15) is 39.9 Å². The highest BCUT2D eigenvalue weighted by atomic mass is 79.9. The van der Waals surface area contributed by atoms with Crippen molar-refractivity contribution in [3.63, 3.8) is 0 Å². The van der Waals surface area contributed by atoms with Gasteiger partial charge in [-0.1, -0.05) is 15.9 Å². The van der Waals surface area contributed by atoms with Gasteiger partial charge in [-0.05, 0) is 55.4 Å². The van der Waals surface area contributed by atoms with Crippen molar-refractivity contribution in [3.05, 3.63) is 32.8 Å². The summed E-state index contributed by atoms with van der Waals surface area (Å²) in [6.45, 7) is 2.06. The molecule has 3 heteroatoms. The first-order valence-corrected chi connectivity index (χ1v) is 5.94. The van der Waals surface area contributed by atoms with E-state index in [1.807, 2.05) is 0 Å². The van der Waals surface area contributed by atoms with Crippen molar-refractivity contribution in [1.82, 2.24) is 0 Å². The van der Waals surface area contributed by atoms with Gasteiger partial charge in [0.05, 0.1) is 5.56 Å². The number of fused-ring (bicyclic) bond motifs is 1. The molecule has 0 unspecified atom stereocenters. The summed E-state index contributed by atoms with van der Waals surface area (Å²) < 4.78 is 0.917. The molecule has 0 aliphatic heterocycles. The number of carbonyl (C=O) groups is 1. The molecule has 2 nitrogen and oxygen atoms in total. The van der Waals surface area contributed by atoms with Crippen molar-refractivity contribution in [3.8, 4) is 0 Å². The van der Waals surface area contributed by atoms with Gasteiger partial charge in [0.2, 0.25) is 0 Å². The Morgan fingerprint density at radius 3 is 2.53 bits per heavy atom. The van der Waals surface area contributed by atoms with Gasteiger partial charge in [0.25, 0.3) is 0 Å². The highest BCUT2D eigenvalue weighted by Gasteiger charge is 2.20. The van der Waals surface area contributed by atoms with Crippen molar-refractivity contribution in [1.29, 1.82) is 0 Å². The van der Waals surface area contributed by atoms with Crippen LogP contribution >= 0.6 is 15.9 Å². The molecule has 15 heavy (non-hydrogen) atoms. The molecule has 0 atom stereocenters. The van der Waals surface area contributed by atoms with E-state index < -0.39 is 5.97 Å². The van der Waals surface area contributed by atoms with Crippen LogP contribution in [-0.4, -0.2) is 11.1 Å². The van der Waals surface area contributed by atoms with E-state index in [-0.39, 0.29) is 0 Å². The summed E-state index contributed by atoms with van der Waals surface area (Å²) in [6, 6.07) is 1.74. The van der Waals surface area contributed by atoms with Gasteiger partial charge in [-0.2, -0.15) is 0 Å². The standard InChI is InChI=1S/C12H13BrO2/c1-7-8-4-2-3-5-9(8)10(12(14)15)6-11(7)13/h6H,2-5H2,1H3,(H,14,15). The summed E-state index contributed by atoms with van der Waals surface area (Å²) in [6.07, 6.45) is 4.20. The number of rotatable bonds is 1. The summed E-state index contributed by atoms with van der Waals surface area (Å²) >= 11 is 3.43. The summed E-state index contributed by atoms with van der Waals surface area (Å²) in [5.41, 5.74) is 3.97. The number of halogens is 1. The molecule has 80 valence electrons. The molecule has 0 radical (unpaired) electrons. The minimum Gasteiger partial charge on any atom is -0.478 e. The van der Waals surface area contributed by atoms with E-state index in [0.29, 0.717) is 5.56 Å². The van der Waals surface area contributed by atoms with E-state index in [2.05, 4.69) is 22.9 Å². The Morgan fingerprint density at radius 2 is 1.93 bits per heavy atom. The second kappa shape index (κ2) is 3.97. The molecule has 0 bridgehead atoms. The molecule has 1 aliphatic carbocycles. The molecule has 0 saturated heterocycles. The zero-order valence-electron chi connectivity index (χ0n) is 8.64. The monoisotopic (exact) mass is 268 g/mol. The SMILES string of the molecule is Cc1c(Br)cc(C(=O)O)c2c1CCCC2. The third-order valence-electron chi connectivity index (χ3n) is 3.11. The van der Waals surface area contributed by atoms with E-state index in [1.165, 1.54) is 17.5 Å². The normalized spacial score (nSPS) is 14.8. The molecule has 1 aliphatic rings. The number of aromatic carboxylic acids is 1. The largest absolute Gasteiger partial charge is 0.478 e. The minimum absolute atomic E-state index is 0.474. The number of benzene rings is 1. The Kier molecular flexibility index (Phi) is 2.83. The average Bonchev–Trinajstić information content (AvgIpc) is 2.23. The predicted molar refractivity (Wildman–Crippen MR) is 62.5 cm³/mol. The first-order chi connectivity index (χ1) is 7.11. The first-order valence-electron chi connectivity index (χ1n) is 5.15. The number of hydrogen-bond donors (Lipinski definition) is 1. The van der Waals surface area contributed by atoms with Crippen LogP contribution in [0.15, 0.2) is 10.5 Å². The summed E-state index contributed by atoms with van der Waals surface area (Å²) in [7, 11) is 0. The zero-order chi connectivity index (χ0) is 11.0. The molecule has 0 amide bonds. The van der Waals surface area contributed by atoms with E-state index in [9.17, 15) is 4.79 Å². The molecule has 0 fully saturated rings. The molecule has 0 spiro atoms. The van der Waals surface area contributed by atoms with Crippen LogP contribution in [-0.2, 0) is 12.8 Å². The van der Waals surface area contributed by atoms with Crippen molar-refractivity contribution < 1.29 is 9.90 Å². The van der Waals surface area contributed by atoms with Crippen LogP contribution in [0.4, 0.5) is 0 Å². The van der Waals surface area contributed by atoms with Gasteiger partial charge in [0.1, 0.15) is 0 Å². The maximum atomic E-state index is 11.1. The van der Waals surface area contributed by atoms with Crippen LogP contribution in [0.3, 0.4) is 0 Å². The van der Waals surface area contributed by atoms with Gasteiger partial charge >= 0.3 is 5.97 Å². The topological polar surface area (TPSA) is 37.3 Å². The molecule has 1 aromatic rings. The molecule has 1 aromatic carbocycles. The highest BCUT2D eigenvalue weighted by Crippen LogP contribution is 2.32. The van der Waals surface area contributed by atoms with E-state index in [4.69, 9.17) is 5.11 Å². The van der Waals surface area contributed by atoms with Gasteiger partial charge in [0.15, 0.2) is 0 Å². The fraction of sp³-hybridized carbons (Fsp3) is 0.417. The third kappa shape index (κ3) is 1.81. The summed E-state index contributed by atoms with van der Waals surface area (Å²) in [5, 5.41) is 9.14. The molecular weight excluding hydrogens is 256 g/mol. The van der Waals surface area contributed by atoms with Crippen molar-refractivity contribution in [2.45, 2.75) is 32.6 Å². The van der Waals surface area contributed by atoms with E-state index in [0.717, 1.165) is 29.3 Å². The van der Waals surface area contributed by atoms with Crippen molar-refractivity contribution in [2.24, 2.45) is 0 Å². The highest BCUT2D eigenvalue weighted by molar-refractivity contribution is 9.10. The van der Waals surface area contributed by atoms with Gasteiger partial charge in [-0.25, -0.2) is 4.79 Å². The minimum atomic E-state index is -0.811. The molecule has 0 saturated carbocycles. The second-order valence-corrected chi connectivity index (χ2v) is 4.85. The molecule has 0 aromatic heterocycles. The lowest BCUT2D eigenvalue weighted by atomic mass is 9.85. The van der Waals surface area contributed by atoms with E-state index in [1.54, 1.807) is 6.07 Å². The fourth-order valence-electron chi connectivity index (χ4n) is 2.27. The summed E-state index contributed by atoms with van der Waals surface area (Å²) in [5.74, 6) is -0.811. The van der Waals surface area contributed by atoms with E-state index >= 15 is 0 Å². The first kappa shape index (κ1) is 10.7. The lowest BCUT2D eigenvalue weighted by molar-refractivity contribution is 0.0695. The molecular formula is C12H13BrO2. The van der Waals surface area contributed by atoms with Gasteiger partial charge in [-0.3, -0.25) is 0 Å². The maximum absolute atomic E-state index is 11.1. The van der Waals surface area contributed by atoms with Crippen molar-refractivity contribution >= 4 is 21.9 Å². The third-order valence-corrected chi connectivity index (χ3v) is 3.93. The molecule has 1 N–H and O–H groups in total. The van der Waals surface area contributed by atoms with Crippen LogP contribution in [0, 0.1) is 6.92 Å². The number of carboxylic acids is 1.